The Morgan fingerprint density at radius 3 is 2.37 bits per heavy atom. The van der Waals surface area contributed by atoms with E-state index in [0.29, 0.717) is 38.3 Å². The molecular weight excluding hydrogens is 264 g/mol. The molecule has 1 fully saturated rings. The Labute approximate surface area is 107 Å². The summed E-state index contributed by atoms with van der Waals surface area (Å²) in [6, 6.07) is 1.90. The first-order valence-corrected chi connectivity index (χ1v) is 5.76. The molecule has 0 aliphatic carbocycles. The van der Waals surface area contributed by atoms with Crippen molar-refractivity contribution in [3.63, 3.8) is 0 Å². The summed E-state index contributed by atoms with van der Waals surface area (Å²) in [6.07, 6.45) is -4.67. The van der Waals surface area contributed by atoms with E-state index in [1.807, 2.05) is 0 Å². The predicted molar refractivity (Wildman–Crippen MR) is 60.2 cm³/mol. The van der Waals surface area contributed by atoms with E-state index in [-0.39, 0.29) is 5.56 Å². The van der Waals surface area contributed by atoms with Crippen LogP contribution in [0.2, 0.25) is 0 Å². The van der Waals surface area contributed by atoms with E-state index in [2.05, 4.69) is 5.32 Å². The molecule has 1 aromatic carbocycles. The maximum absolute atomic E-state index is 13.2. The lowest BCUT2D eigenvalue weighted by molar-refractivity contribution is -0.137. The molecule has 1 saturated heterocycles. The predicted octanol–water partition coefficient (Wildman–Crippen LogP) is 1.89. The van der Waals surface area contributed by atoms with Gasteiger partial charge in [0.05, 0.1) is 5.56 Å². The van der Waals surface area contributed by atoms with Gasteiger partial charge in [0.1, 0.15) is 5.82 Å². The Morgan fingerprint density at radius 2 is 1.79 bits per heavy atom. The van der Waals surface area contributed by atoms with Crippen molar-refractivity contribution in [1.29, 1.82) is 0 Å². The van der Waals surface area contributed by atoms with Crippen molar-refractivity contribution in [2.45, 2.75) is 6.18 Å². The van der Waals surface area contributed by atoms with Crippen LogP contribution in [0.5, 0.6) is 0 Å². The Kier molecular flexibility index (Phi) is 3.75. The number of alkyl halides is 3. The fourth-order valence-electron chi connectivity index (χ4n) is 1.93. The van der Waals surface area contributed by atoms with E-state index in [1.165, 1.54) is 4.90 Å². The first-order chi connectivity index (χ1) is 8.88. The maximum Gasteiger partial charge on any atom is 0.416 e. The van der Waals surface area contributed by atoms with Crippen molar-refractivity contribution in [3.8, 4) is 0 Å². The van der Waals surface area contributed by atoms with Gasteiger partial charge in [-0.1, -0.05) is 0 Å². The number of halogens is 4. The molecule has 0 bridgehead atoms. The van der Waals surface area contributed by atoms with Crippen LogP contribution < -0.4 is 5.32 Å². The molecule has 0 aromatic heterocycles. The second-order valence-corrected chi connectivity index (χ2v) is 4.27. The number of piperazine rings is 1. The molecule has 0 spiro atoms. The number of hydrogen-bond acceptors (Lipinski definition) is 2. The SMILES string of the molecule is O=C(c1cc(F)cc(C(F)(F)F)c1)N1CCNCC1. The molecular formula is C12H12F4N2O. The van der Waals surface area contributed by atoms with Gasteiger partial charge in [-0.15, -0.1) is 0 Å². The lowest BCUT2D eigenvalue weighted by Gasteiger charge is -2.27. The largest absolute Gasteiger partial charge is 0.416 e. The molecule has 1 aliphatic rings. The van der Waals surface area contributed by atoms with E-state index in [4.69, 9.17) is 0 Å². The van der Waals surface area contributed by atoms with Gasteiger partial charge in [-0.2, -0.15) is 13.2 Å². The smallest absolute Gasteiger partial charge is 0.336 e. The summed E-state index contributed by atoms with van der Waals surface area (Å²) >= 11 is 0. The van der Waals surface area contributed by atoms with Crippen molar-refractivity contribution in [2.24, 2.45) is 0 Å². The van der Waals surface area contributed by atoms with Gasteiger partial charge in [0, 0.05) is 31.7 Å². The molecule has 2 rings (SSSR count). The van der Waals surface area contributed by atoms with Crippen LogP contribution in [-0.2, 0) is 6.18 Å². The summed E-state index contributed by atoms with van der Waals surface area (Å²) < 4.78 is 50.9. The Bertz CT molecular complexity index is 481. The number of rotatable bonds is 1. The van der Waals surface area contributed by atoms with E-state index in [9.17, 15) is 22.4 Å². The summed E-state index contributed by atoms with van der Waals surface area (Å²) in [6.45, 7) is 1.95. The minimum absolute atomic E-state index is 0.269. The number of nitrogens with one attached hydrogen (secondary N) is 1. The highest BCUT2D eigenvalue weighted by Crippen LogP contribution is 2.30. The van der Waals surface area contributed by atoms with E-state index in [1.54, 1.807) is 0 Å². The minimum atomic E-state index is -4.67. The Morgan fingerprint density at radius 1 is 1.16 bits per heavy atom. The molecule has 1 amide bonds. The minimum Gasteiger partial charge on any atom is -0.336 e. The van der Waals surface area contributed by atoms with Crippen molar-refractivity contribution in [2.75, 3.05) is 26.2 Å². The van der Waals surface area contributed by atoms with E-state index < -0.39 is 23.5 Å². The van der Waals surface area contributed by atoms with Gasteiger partial charge in [0.25, 0.3) is 5.91 Å². The summed E-state index contributed by atoms with van der Waals surface area (Å²) in [7, 11) is 0. The lowest BCUT2D eigenvalue weighted by atomic mass is 10.1. The molecule has 0 atom stereocenters. The maximum atomic E-state index is 13.2. The van der Waals surface area contributed by atoms with E-state index in [0.717, 1.165) is 6.07 Å². The normalized spacial score (nSPS) is 16.5. The highest BCUT2D eigenvalue weighted by molar-refractivity contribution is 5.94. The number of nitrogens with zero attached hydrogens (tertiary/aromatic N) is 1. The summed E-state index contributed by atoms with van der Waals surface area (Å²) in [5, 5.41) is 3.02. The topological polar surface area (TPSA) is 32.3 Å². The van der Waals surface area contributed by atoms with Gasteiger partial charge >= 0.3 is 6.18 Å². The van der Waals surface area contributed by atoms with Gasteiger partial charge < -0.3 is 10.2 Å². The zero-order chi connectivity index (χ0) is 14.0. The van der Waals surface area contributed by atoms with Crippen LogP contribution in [0, 0.1) is 5.82 Å². The summed E-state index contributed by atoms with van der Waals surface area (Å²) in [5.41, 5.74) is -1.42. The summed E-state index contributed by atoms with van der Waals surface area (Å²) in [4.78, 5) is 13.4. The second-order valence-electron chi connectivity index (χ2n) is 4.27. The van der Waals surface area contributed by atoms with Crippen LogP contribution >= 0.6 is 0 Å². The van der Waals surface area contributed by atoms with Crippen LogP contribution in [0.25, 0.3) is 0 Å². The van der Waals surface area contributed by atoms with Gasteiger partial charge in [-0.25, -0.2) is 4.39 Å². The molecule has 3 nitrogen and oxygen atoms in total. The van der Waals surface area contributed by atoms with Crippen molar-refractivity contribution < 1.29 is 22.4 Å². The van der Waals surface area contributed by atoms with Crippen molar-refractivity contribution in [3.05, 3.63) is 35.1 Å². The number of carbonyl (C=O) groups is 1. The molecule has 7 heteroatoms. The standard InChI is InChI=1S/C12H12F4N2O/c13-10-6-8(5-9(7-10)12(14,15)16)11(19)18-3-1-17-2-4-18/h5-7,17H,1-4H2. The zero-order valence-electron chi connectivity index (χ0n) is 9.93. The quantitative estimate of drug-likeness (QED) is 0.794. The molecule has 1 aliphatic heterocycles. The molecule has 1 heterocycles. The van der Waals surface area contributed by atoms with Crippen LogP contribution in [-0.4, -0.2) is 37.0 Å². The average Bonchev–Trinajstić information content (AvgIpc) is 2.37. The fraction of sp³-hybridized carbons (Fsp3) is 0.417. The number of amides is 1. The van der Waals surface area contributed by atoms with Gasteiger partial charge in [-0.3, -0.25) is 4.79 Å². The number of benzene rings is 1. The first-order valence-electron chi connectivity index (χ1n) is 5.76. The van der Waals surface area contributed by atoms with Crippen molar-refractivity contribution >= 4 is 5.91 Å². The highest BCUT2D eigenvalue weighted by atomic mass is 19.4. The monoisotopic (exact) mass is 276 g/mol. The lowest BCUT2D eigenvalue weighted by Crippen LogP contribution is -2.46. The third kappa shape index (κ3) is 3.23. The van der Waals surface area contributed by atoms with Crippen LogP contribution in [0.3, 0.4) is 0 Å². The third-order valence-corrected chi connectivity index (χ3v) is 2.88. The molecule has 0 radical (unpaired) electrons. The van der Waals surface area contributed by atoms with Crippen LogP contribution in [0.15, 0.2) is 18.2 Å². The Hall–Kier alpha value is -1.63. The molecule has 104 valence electrons. The fourth-order valence-corrected chi connectivity index (χ4v) is 1.93. The summed E-state index contributed by atoms with van der Waals surface area (Å²) in [5.74, 6) is -1.64. The van der Waals surface area contributed by atoms with Gasteiger partial charge in [0.15, 0.2) is 0 Å². The molecule has 0 unspecified atom stereocenters. The van der Waals surface area contributed by atoms with E-state index >= 15 is 0 Å². The van der Waals surface area contributed by atoms with Crippen LogP contribution in [0.4, 0.5) is 17.6 Å². The van der Waals surface area contributed by atoms with Crippen molar-refractivity contribution in [1.82, 2.24) is 10.2 Å². The van der Waals surface area contributed by atoms with Gasteiger partial charge in [-0.05, 0) is 18.2 Å². The zero-order valence-corrected chi connectivity index (χ0v) is 9.93. The molecule has 0 saturated carbocycles. The molecule has 19 heavy (non-hydrogen) atoms. The number of hydrogen-bond donors (Lipinski definition) is 1. The van der Waals surface area contributed by atoms with Gasteiger partial charge in [0.2, 0.25) is 0 Å². The average molecular weight is 276 g/mol. The molecule has 1 N–H and O–H groups in total. The van der Waals surface area contributed by atoms with Crippen LogP contribution in [0.1, 0.15) is 15.9 Å². The Balaban J connectivity index is 2.28. The molecule has 1 aromatic rings. The third-order valence-electron chi connectivity index (χ3n) is 2.88. The highest BCUT2D eigenvalue weighted by Gasteiger charge is 2.32. The number of carbonyl (C=O) groups excluding carboxylic acids is 1. The second kappa shape index (κ2) is 5.16. The first kappa shape index (κ1) is 13.8.